The van der Waals surface area contributed by atoms with E-state index in [1.807, 2.05) is 0 Å². The second-order valence-corrected chi connectivity index (χ2v) is 11.1. The van der Waals surface area contributed by atoms with Gasteiger partial charge in [-0.05, 0) is 54.3 Å². The normalized spacial score (nSPS) is 20.8. The van der Waals surface area contributed by atoms with Crippen molar-refractivity contribution < 1.29 is 28.2 Å². The Morgan fingerprint density at radius 1 is 1.18 bits per heavy atom. The summed E-state index contributed by atoms with van der Waals surface area (Å²) in [6.07, 6.45) is 0.425. The van der Waals surface area contributed by atoms with Crippen LogP contribution in [0.25, 0.3) is 0 Å². The summed E-state index contributed by atoms with van der Waals surface area (Å²) in [4.78, 5) is 24.5. The molecule has 0 bridgehead atoms. The summed E-state index contributed by atoms with van der Waals surface area (Å²) in [5, 5.41) is 22.3. The van der Waals surface area contributed by atoms with Gasteiger partial charge in [0.15, 0.2) is 9.84 Å². The first-order valence-electron chi connectivity index (χ1n) is 10.5. The van der Waals surface area contributed by atoms with Crippen LogP contribution in [0, 0.1) is 6.92 Å². The van der Waals surface area contributed by atoms with Crippen molar-refractivity contribution in [1.82, 2.24) is 0 Å². The molecule has 0 aromatic heterocycles. The van der Waals surface area contributed by atoms with Crippen molar-refractivity contribution in [1.29, 1.82) is 0 Å². The highest BCUT2D eigenvalue weighted by atomic mass is 35.5. The van der Waals surface area contributed by atoms with Gasteiger partial charge in [0.25, 0.3) is 0 Å². The number of aromatic carboxylic acids is 1. The number of hydrogen-bond acceptors (Lipinski definition) is 5. The first-order valence-corrected chi connectivity index (χ1v) is 12.6. The number of sulfone groups is 1. The largest absolute Gasteiger partial charge is 0.508 e. The number of carboxylic acid groups (broad SMARTS) is 1. The third-order valence-corrected chi connectivity index (χ3v) is 8.86. The molecule has 34 heavy (non-hydrogen) atoms. The number of hydrogen-bond donors (Lipinski definition) is 3. The molecule has 1 saturated carbocycles. The zero-order valence-corrected chi connectivity index (χ0v) is 19.6. The molecule has 2 atom stereocenters. The zero-order valence-electron chi connectivity index (χ0n) is 18.0. The Morgan fingerprint density at radius 2 is 1.91 bits per heavy atom. The number of anilines is 1. The Labute approximate surface area is 200 Å². The smallest absolute Gasteiger partial charge is 0.335 e. The first kappa shape index (κ1) is 22.4. The molecule has 1 aliphatic carbocycles. The van der Waals surface area contributed by atoms with Gasteiger partial charge >= 0.3 is 5.97 Å². The highest BCUT2D eigenvalue weighted by molar-refractivity contribution is 7.90. The van der Waals surface area contributed by atoms with Crippen molar-refractivity contribution in [2.75, 3.05) is 5.32 Å². The maximum atomic E-state index is 13.2. The van der Waals surface area contributed by atoms with E-state index in [2.05, 4.69) is 5.32 Å². The SMILES string of the molecule is Cc1ccc(C2CC23C(=O)Nc2cc(Cl)c(S(=O)(=O)Cc4ccccc4O)cc23)cc1C(=O)O. The van der Waals surface area contributed by atoms with Crippen LogP contribution in [0.3, 0.4) is 0 Å². The quantitative estimate of drug-likeness (QED) is 0.480. The van der Waals surface area contributed by atoms with Crippen molar-refractivity contribution >= 4 is 39.0 Å². The molecule has 1 spiro atoms. The van der Waals surface area contributed by atoms with Gasteiger partial charge in [-0.2, -0.15) is 0 Å². The van der Waals surface area contributed by atoms with Gasteiger partial charge in [0.1, 0.15) is 5.75 Å². The zero-order chi connectivity index (χ0) is 24.4. The van der Waals surface area contributed by atoms with Crippen LogP contribution in [0.15, 0.2) is 59.5 Å². The number of nitrogens with one attached hydrogen (secondary N) is 1. The van der Waals surface area contributed by atoms with Crippen molar-refractivity contribution in [3.8, 4) is 5.75 Å². The number of carbonyl (C=O) groups is 2. The molecule has 7 nitrogen and oxygen atoms in total. The highest BCUT2D eigenvalue weighted by Gasteiger charge is 2.65. The number of fused-ring (bicyclic) bond motifs is 2. The molecular formula is C25H20ClNO6S. The number of aryl methyl sites for hydroxylation is 1. The van der Waals surface area contributed by atoms with Crippen molar-refractivity contribution in [2.45, 2.75) is 35.3 Å². The molecule has 1 fully saturated rings. The molecular weight excluding hydrogens is 478 g/mol. The number of benzene rings is 3. The Hall–Kier alpha value is -3.36. The molecule has 5 rings (SSSR count). The van der Waals surface area contributed by atoms with Gasteiger partial charge in [0, 0.05) is 17.2 Å². The summed E-state index contributed by atoms with van der Waals surface area (Å²) < 4.78 is 26.5. The molecule has 0 radical (unpaired) electrons. The summed E-state index contributed by atoms with van der Waals surface area (Å²) in [5.74, 6) is -2.18. The molecule has 2 unspecified atom stereocenters. The minimum absolute atomic E-state index is 0.0211. The van der Waals surface area contributed by atoms with E-state index in [0.717, 1.165) is 0 Å². The lowest BCUT2D eigenvalue weighted by atomic mass is 9.91. The van der Waals surface area contributed by atoms with E-state index in [0.29, 0.717) is 28.8 Å². The summed E-state index contributed by atoms with van der Waals surface area (Å²) in [5.41, 5.74) is 1.73. The van der Waals surface area contributed by atoms with Crippen molar-refractivity contribution in [2.24, 2.45) is 0 Å². The number of carbonyl (C=O) groups excluding carboxylic acids is 1. The number of halogens is 1. The van der Waals surface area contributed by atoms with Gasteiger partial charge in [-0.1, -0.05) is 41.9 Å². The third kappa shape index (κ3) is 3.36. The first-order chi connectivity index (χ1) is 16.0. The van der Waals surface area contributed by atoms with Gasteiger partial charge in [-0.3, -0.25) is 4.79 Å². The van der Waals surface area contributed by atoms with Gasteiger partial charge in [-0.15, -0.1) is 0 Å². The topological polar surface area (TPSA) is 121 Å². The number of phenolic OH excluding ortho intramolecular Hbond substituents is 1. The summed E-state index contributed by atoms with van der Waals surface area (Å²) in [6.45, 7) is 1.71. The molecule has 174 valence electrons. The number of rotatable bonds is 5. The molecule has 3 aromatic carbocycles. The van der Waals surface area contributed by atoms with E-state index in [1.54, 1.807) is 37.3 Å². The van der Waals surface area contributed by atoms with E-state index < -0.39 is 27.0 Å². The average Bonchev–Trinajstić information content (AvgIpc) is 3.45. The Morgan fingerprint density at radius 3 is 2.62 bits per heavy atom. The third-order valence-electron chi connectivity index (χ3n) is 6.73. The predicted molar refractivity (Wildman–Crippen MR) is 126 cm³/mol. The highest BCUT2D eigenvalue weighted by Crippen LogP contribution is 2.65. The molecule has 9 heteroatoms. The van der Waals surface area contributed by atoms with E-state index >= 15 is 0 Å². The van der Waals surface area contributed by atoms with Crippen LogP contribution in [-0.4, -0.2) is 30.5 Å². The van der Waals surface area contributed by atoms with E-state index in [9.17, 15) is 28.2 Å². The van der Waals surface area contributed by atoms with Gasteiger partial charge < -0.3 is 15.5 Å². The van der Waals surface area contributed by atoms with Gasteiger partial charge in [0.05, 0.1) is 26.6 Å². The van der Waals surface area contributed by atoms with E-state index in [1.165, 1.54) is 24.3 Å². The Balaban J connectivity index is 1.56. The molecule has 1 heterocycles. The maximum Gasteiger partial charge on any atom is 0.335 e. The molecule has 3 aromatic rings. The fourth-order valence-electron chi connectivity index (χ4n) is 4.84. The summed E-state index contributed by atoms with van der Waals surface area (Å²) in [7, 11) is -3.94. The fraction of sp³-hybridized carbons (Fsp3) is 0.200. The lowest BCUT2D eigenvalue weighted by molar-refractivity contribution is -0.118. The Kier molecular flexibility index (Phi) is 5.00. The monoisotopic (exact) mass is 497 g/mol. The van der Waals surface area contributed by atoms with Gasteiger partial charge in [0.2, 0.25) is 5.91 Å². The second-order valence-electron chi connectivity index (χ2n) is 8.78. The number of phenols is 1. The summed E-state index contributed by atoms with van der Waals surface area (Å²) >= 11 is 6.33. The van der Waals surface area contributed by atoms with Crippen molar-refractivity contribution in [3.63, 3.8) is 0 Å². The average molecular weight is 498 g/mol. The fourth-order valence-corrected chi connectivity index (χ4v) is 6.82. The number of carboxylic acids is 1. The van der Waals surface area contributed by atoms with Crippen LogP contribution < -0.4 is 5.32 Å². The number of para-hydroxylation sites is 1. The minimum Gasteiger partial charge on any atom is -0.508 e. The van der Waals surface area contributed by atoms with Crippen LogP contribution in [0.5, 0.6) is 5.75 Å². The lowest BCUT2D eigenvalue weighted by Gasteiger charge is -2.13. The molecule has 0 saturated heterocycles. The van der Waals surface area contributed by atoms with Gasteiger partial charge in [-0.25, -0.2) is 13.2 Å². The van der Waals surface area contributed by atoms with Crippen LogP contribution in [0.4, 0.5) is 5.69 Å². The van der Waals surface area contributed by atoms with Crippen LogP contribution in [-0.2, 0) is 25.8 Å². The molecule has 1 aliphatic heterocycles. The predicted octanol–water partition coefficient (Wildman–Crippen LogP) is 4.40. The molecule has 2 aliphatic rings. The number of amides is 1. The minimum atomic E-state index is -3.94. The maximum absolute atomic E-state index is 13.2. The lowest BCUT2D eigenvalue weighted by Crippen LogP contribution is -2.21. The standard InChI is InChI=1S/C25H20ClNO6S/c1-13-6-7-14(8-16(13)23(29)30)18-11-25(18)17-9-22(19(26)10-20(17)27-24(25)31)34(32,33)12-15-4-2-3-5-21(15)28/h2-10,18,28H,11-12H2,1H3,(H,27,31)(H,29,30). The summed E-state index contributed by atoms with van der Waals surface area (Å²) in [6, 6.07) is 14.1. The van der Waals surface area contributed by atoms with E-state index in [-0.39, 0.29) is 38.6 Å². The van der Waals surface area contributed by atoms with Crippen LogP contribution in [0.1, 0.15) is 45.0 Å². The Bertz CT molecular complexity index is 1500. The van der Waals surface area contributed by atoms with Crippen LogP contribution in [0.2, 0.25) is 5.02 Å². The van der Waals surface area contributed by atoms with Crippen LogP contribution >= 0.6 is 11.6 Å². The molecule has 3 N–H and O–H groups in total. The second kappa shape index (κ2) is 7.58. The number of aromatic hydroxyl groups is 1. The van der Waals surface area contributed by atoms with Crippen molar-refractivity contribution in [3.05, 3.63) is 87.4 Å². The van der Waals surface area contributed by atoms with E-state index in [4.69, 9.17) is 11.6 Å². The molecule has 1 amide bonds.